The van der Waals surface area contributed by atoms with Crippen molar-refractivity contribution in [3.05, 3.63) is 120 Å². The Balaban J connectivity index is 0.000000184. The van der Waals surface area contributed by atoms with E-state index in [9.17, 15) is 30.7 Å². The third-order valence-electron chi connectivity index (χ3n) is 8.78. The second kappa shape index (κ2) is 17.6. The summed E-state index contributed by atoms with van der Waals surface area (Å²) in [5.74, 6) is -3.13. The van der Waals surface area contributed by atoms with Crippen LogP contribution in [-0.4, -0.2) is 52.3 Å². The lowest BCUT2D eigenvalue weighted by atomic mass is 10.3. The molecule has 4 aromatic heterocycles. The molecule has 0 amide bonds. The second-order valence-corrected chi connectivity index (χ2v) is 12.7. The lowest BCUT2D eigenvalue weighted by molar-refractivity contribution is -0.0523. The van der Waals surface area contributed by atoms with Gasteiger partial charge in [-0.1, -0.05) is 38.1 Å². The van der Waals surface area contributed by atoms with Crippen molar-refractivity contribution in [3.8, 4) is 23.4 Å². The van der Waals surface area contributed by atoms with Crippen molar-refractivity contribution < 1.29 is 40.2 Å². The Kier molecular flexibility index (Phi) is 12.0. The smallest absolute Gasteiger partial charge is 0.387 e. The number of para-hydroxylation sites is 4. The summed E-state index contributed by atoms with van der Waals surface area (Å²) in [4.78, 5) is 25.7. The van der Waals surface area contributed by atoms with Gasteiger partial charge >= 0.3 is 13.2 Å². The summed E-state index contributed by atoms with van der Waals surface area (Å²) >= 11 is 0. The van der Waals surface area contributed by atoms with Gasteiger partial charge in [0.05, 0.1) is 22.1 Å². The Labute approximate surface area is 341 Å². The van der Waals surface area contributed by atoms with Crippen LogP contribution in [0.15, 0.2) is 91.0 Å². The zero-order valence-corrected chi connectivity index (χ0v) is 31.9. The van der Waals surface area contributed by atoms with Crippen molar-refractivity contribution in [2.24, 2.45) is 0 Å². The minimum absolute atomic E-state index is 0.0172. The van der Waals surface area contributed by atoms with Crippen LogP contribution in [0.4, 0.5) is 65.4 Å². The summed E-state index contributed by atoms with van der Waals surface area (Å²) < 4.78 is 104. The molecule has 314 valence electrons. The summed E-state index contributed by atoms with van der Waals surface area (Å²) in [6.07, 6.45) is 1.15. The quantitative estimate of drug-likeness (QED) is 0.0858. The number of hydrogen-bond donors (Lipinski definition) is 4. The zero-order chi connectivity index (χ0) is 43.4. The Bertz CT molecular complexity index is 2840. The maximum Gasteiger partial charge on any atom is 0.387 e. The molecule has 0 aliphatic carbocycles. The number of ether oxygens (including phenoxy) is 2. The second-order valence-electron chi connectivity index (χ2n) is 12.7. The molecule has 0 bridgehead atoms. The van der Waals surface area contributed by atoms with Crippen LogP contribution in [0.3, 0.4) is 0 Å². The molecule has 4 heterocycles. The summed E-state index contributed by atoms with van der Waals surface area (Å²) in [5.41, 5.74) is 14.9. The molecular formula is C40H33F7N12O2. The van der Waals surface area contributed by atoms with Gasteiger partial charge in [0.15, 0.2) is 34.8 Å². The number of hydrogen-bond acceptors (Lipinski definition) is 12. The molecule has 21 heteroatoms. The van der Waals surface area contributed by atoms with Crippen LogP contribution < -0.4 is 31.6 Å². The van der Waals surface area contributed by atoms with E-state index in [0.29, 0.717) is 41.2 Å². The van der Waals surface area contributed by atoms with Crippen LogP contribution in [0.25, 0.3) is 34.0 Å². The minimum atomic E-state index is -3.17. The maximum atomic E-state index is 14.6. The van der Waals surface area contributed by atoms with Crippen LogP contribution in [0.5, 0.6) is 11.5 Å². The number of nitrogens with zero attached hydrogens (tertiary/aromatic N) is 8. The minimum Gasteiger partial charge on any atom is -0.435 e. The van der Waals surface area contributed by atoms with E-state index in [1.54, 1.807) is 9.13 Å². The molecule has 0 aliphatic heterocycles. The molecule has 0 radical (unpaired) electrons. The van der Waals surface area contributed by atoms with Crippen molar-refractivity contribution in [1.29, 1.82) is 0 Å². The van der Waals surface area contributed by atoms with E-state index >= 15 is 0 Å². The first kappa shape index (κ1) is 41.4. The van der Waals surface area contributed by atoms with E-state index in [1.807, 2.05) is 62.4 Å². The number of aryl methyl sites for hydroxylation is 2. The molecule has 0 saturated carbocycles. The molecule has 6 N–H and O–H groups in total. The molecule has 0 spiro atoms. The number of nitrogens with one attached hydrogen (secondary N) is 2. The number of anilines is 6. The van der Waals surface area contributed by atoms with Gasteiger partial charge in [0.2, 0.25) is 23.5 Å². The Hall–Kier alpha value is -7.71. The number of benzene rings is 4. The predicted octanol–water partition coefficient (Wildman–Crippen LogP) is 9.03. The fraction of sp³-hybridized carbons (Fsp3) is 0.150. The molecule has 0 atom stereocenters. The van der Waals surface area contributed by atoms with Gasteiger partial charge in [0.25, 0.3) is 0 Å². The Morgan fingerprint density at radius 3 is 1.49 bits per heavy atom. The topological polar surface area (TPSA) is 182 Å². The standard InChI is InChI=1S/C20H16F4N6O.C20H17F3N6O/c1-2-15-27-12-5-3-4-6-13(12)30(15)20-28-17(25)16(22)18(29-20)26-10-7-8-14(11(21)9-10)31-19(23)24;1-2-15-26-13-5-3-4-6-14(13)29(15)20-27-17(24)16(21)18(28-20)25-11-7-9-12(10-8-11)30-19(22)23/h3-9,19H,2H2,1H3,(H3,25,26,28,29);3-10,19H,2H2,1H3,(H3,24,25,27,28). The monoisotopic (exact) mass is 846 g/mol. The van der Waals surface area contributed by atoms with Gasteiger partial charge in [0, 0.05) is 30.3 Å². The van der Waals surface area contributed by atoms with Crippen LogP contribution in [0.2, 0.25) is 0 Å². The molecule has 0 fully saturated rings. The molecule has 0 saturated heterocycles. The summed E-state index contributed by atoms with van der Waals surface area (Å²) in [5, 5.41) is 5.40. The lowest BCUT2D eigenvalue weighted by Crippen LogP contribution is -2.11. The highest BCUT2D eigenvalue weighted by Crippen LogP contribution is 2.30. The van der Waals surface area contributed by atoms with Crippen LogP contribution in [-0.2, 0) is 12.8 Å². The fourth-order valence-electron chi connectivity index (χ4n) is 6.11. The number of nitrogens with two attached hydrogens (primary N) is 2. The predicted molar refractivity (Wildman–Crippen MR) is 213 cm³/mol. The van der Waals surface area contributed by atoms with Crippen LogP contribution in [0.1, 0.15) is 25.5 Å². The van der Waals surface area contributed by atoms with Crippen molar-refractivity contribution in [2.75, 3.05) is 22.1 Å². The van der Waals surface area contributed by atoms with E-state index in [2.05, 4.69) is 50.0 Å². The zero-order valence-electron chi connectivity index (χ0n) is 31.9. The van der Waals surface area contributed by atoms with Crippen molar-refractivity contribution in [1.82, 2.24) is 39.0 Å². The molecule has 0 aliphatic rings. The van der Waals surface area contributed by atoms with Gasteiger partial charge in [-0.2, -0.15) is 46.3 Å². The molecule has 8 aromatic rings. The van der Waals surface area contributed by atoms with Crippen molar-refractivity contribution in [3.63, 3.8) is 0 Å². The number of aromatic nitrogens is 8. The summed E-state index contributed by atoms with van der Waals surface area (Å²) in [7, 11) is 0. The lowest BCUT2D eigenvalue weighted by Gasteiger charge is -2.13. The van der Waals surface area contributed by atoms with Crippen molar-refractivity contribution >= 4 is 56.7 Å². The summed E-state index contributed by atoms with van der Waals surface area (Å²) in [6.45, 7) is -2.27. The number of nitrogen functional groups attached to an aromatic ring is 2. The average Bonchev–Trinajstić information content (AvgIpc) is 3.81. The highest BCUT2D eigenvalue weighted by atomic mass is 19.3. The highest BCUT2D eigenvalue weighted by molar-refractivity contribution is 5.79. The molecule has 4 aromatic carbocycles. The van der Waals surface area contributed by atoms with Gasteiger partial charge in [-0.3, -0.25) is 9.13 Å². The molecule has 61 heavy (non-hydrogen) atoms. The van der Waals surface area contributed by atoms with Gasteiger partial charge in [-0.05, 0) is 60.7 Å². The van der Waals surface area contributed by atoms with E-state index in [0.717, 1.165) is 23.2 Å². The first-order valence-electron chi connectivity index (χ1n) is 18.3. The fourth-order valence-corrected chi connectivity index (χ4v) is 6.11. The number of fused-ring (bicyclic) bond motifs is 2. The first-order chi connectivity index (χ1) is 29.3. The van der Waals surface area contributed by atoms with E-state index in [4.69, 9.17) is 11.5 Å². The van der Waals surface area contributed by atoms with Gasteiger partial charge in [-0.25, -0.2) is 14.4 Å². The molecular weight excluding hydrogens is 814 g/mol. The SMILES string of the molecule is CCc1nc2ccccc2n1-c1nc(N)c(F)c(Nc2ccc(OC(F)F)c(F)c2)n1.CCc1nc2ccccc2n1-c1nc(N)c(F)c(Nc2ccc(OC(F)F)cc2)n1. The number of rotatable bonds is 12. The van der Waals surface area contributed by atoms with E-state index in [1.165, 1.54) is 30.3 Å². The van der Waals surface area contributed by atoms with E-state index in [-0.39, 0.29) is 40.8 Å². The normalized spacial score (nSPS) is 11.3. The third kappa shape index (κ3) is 8.99. The third-order valence-corrected chi connectivity index (χ3v) is 8.78. The van der Waals surface area contributed by atoms with Gasteiger partial charge < -0.3 is 31.6 Å². The van der Waals surface area contributed by atoms with Gasteiger partial charge in [-0.15, -0.1) is 0 Å². The Morgan fingerprint density at radius 1 is 0.574 bits per heavy atom. The highest BCUT2D eigenvalue weighted by Gasteiger charge is 2.21. The molecule has 8 rings (SSSR count). The largest absolute Gasteiger partial charge is 0.435 e. The molecule has 14 nitrogen and oxygen atoms in total. The average molecular weight is 847 g/mol. The summed E-state index contributed by atoms with van der Waals surface area (Å²) in [6, 6.07) is 23.4. The number of halogens is 7. The van der Waals surface area contributed by atoms with Gasteiger partial charge in [0.1, 0.15) is 17.4 Å². The van der Waals surface area contributed by atoms with Crippen LogP contribution in [0, 0.1) is 17.5 Å². The molecule has 0 unspecified atom stereocenters. The maximum absolute atomic E-state index is 14.6. The Morgan fingerprint density at radius 2 is 1.03 bits per heavy atom. The first-order valence-corrected chi connectivity index (χ1v) is 18.3. The van der Waals surface area contributed by atoms with Crippen molar-refractivity contribution in [2.45, 2.75) is 39.9 Å². The van der Waals surface area contributed by atoms with E-state index < -0.39 is 42.2 Å². The van der Waals surface area contributed by atoms with Crippen LogP contribution >= 0.6 is 0 Å². The number of alkyl halides is 4. The number of imidazole rings is 2.